The number of unbranched alkanes of at least 4 members (excludes halogenated alkanes) is 2. The molecule has 1 heterocycles. The van der Waals surface area contributed by atoms with Crippen LogP contribution in [0.3, 0.4) is 0 Å². The van der Waals surface area contributed by atoms with E-state index < -0.39 is 15.9 Å². The van der Waals surface area contributed by atoms with Crippen LogP contribution in [0.4, 0.5) is 6.01 Å². The lowest BCUT2D eigenvalue weighted by molar-refractivity contribution is 0.102. The standard InChI is InChI=1S/C24H30N4O5S/c1-4-6-15-28(16-7-5-2)34(30,31)21-13-11-18(12-14-21)22(29)25-24-27-26-23(33-24)19-9-8-10-20(17-19)32-3/h8-14,17H,4-7,15-16H2,1-3H3,(H,25,27,29). The molecule has 34 heavy (non-hydrogen) atoms. The smallest absolute Gasteiger partial charge is 0.322 e. The number of ether oxygens (including phenoxy) is 1. The molecule has 0 saturated heterocycles. The highest BCUT2D eigenvalue weighted by Gasteiger charge is 2.24. The molecule has 3 rings (SSSR count). The van der Waals surface area contributed by atoms with Crippen molar-refractivity contribution in [2.24, 2.45) is 0 Å². The first kappa shape index (κ1) is 25.4. The van der Waals surface area contributed by atoms with Crippen molar-refractivity contribution in [1.29, 1.82) is 0 Å². The van der Waals surface area contributed by atoms with E-state index in [1.54, 1.807) is 31.4 Å². The third-order valence-electron chi connectivity index (χ3n) is 5.24. The SMILES string of the molecule is CCCCN(CCCC)S(=O)(=O)c1ccc(C(=O)Nc2nnc(-c3cccc(OC)c3)o2)cc1. The van der Waals surface area contributed by atoms with Crippen LogP contribution in [0.1, 0.15) is 49.9 Å². The lowest BCUT2D eigenvalue weighted by Gasteiger charge is -2.22. The maximum atomic E-state index is 13.1. The van der Waals surface area contributed by atoms with Crippen LogP contribution in [-0.2, 0) is 10.0 Å². The number of aromatic nitrogens is 2. The molecular weight excluding hydrogens is 456 g/mol. The Balaban J connectivity index is 1.70. The molecule has 182 valence electrons. The normalized spacial score (nSPS) is 11.5. The first-order valence-electron chi connectivity index (χ1n) is 11.3. The second kappa shape index (κ2) is 11.8. The van der Waals surface area contributed by atoms with Crippen molar-refractivity contribution in [3.63, 3.8) is 0 Å². The molecule has 0 saturated carbocycles. The summed E-state index contributed by atoms with van der Waals surface area (Å²) in [5.74, 6) is 0.382. The van der Waals surface area contributed by atoms with Crippen LogP contribution < -0.4 is 10.1 Å². The molecule has 0 fully saturated rings. The first-order valence-corrected chi connectivity index (χ1v) is 12.7. The van der Waals surface area contributed by atoms with Crippen molar-refractivity contribution in [2.75, 3.05) is 25.5 Å². The number of hydrogen-bond acceptors (Lipinski definition) is 7. The van der Waals surface area contributed by atoms with Crippen molar-refractivity contribution in [1.82, 2.24) is 14.5 Å². The van der Waals surface area contributed by atoms with Crippen molar-refractivity contribution in [3.8, 4) is 17.2 Å². The molecule has 1 amide bonds. The van der Waals surface area contributed by atoms with Crippen LogP contribution in [0.2, 0.25) is 0 Å². The van der Waals surface area contributed by atoms with E-state index in [2.05, 4.69) is 15.5 Å². The highest BCUT2D eigenvalue weighted by atomic mass is 32.2. The zero-order valence-electron chi connectivity index (χ0n) is 19.7. The predicted molar refractivity (Wildman–Crippen MR) is 129 cm³/mol. The van der Waals surface area contributed by atoms with Gasteiger partial charge in [-0.1, -0.05) is 37.9 Å². The Kier molecular flexibility index (Phi) is 8.78. The second-order valence-electron chi connectivity index (χ2n) is 7.73. The number of hydrogen-bond donors (Lipinski definition) is 1. The summed E-state index contributed by atoms with van der Waals surface area (Å²) in [5.41, 5.74) is 0.923. The molecule has 0 aliphatic carbocycles. The number of sulfonamides is 1. The predicted octanol–water partition coefficient (Wildman–Crippen LogP) is 4.59. The van der Waals surface area contributed by atoms with E-state index in [0.29, 0.717) is 24.4 Å². The molecule has 3 aromatic rings. The van der Waals surface area contributed by atoms with Gasteiger partial charge in [-0.3, -0.25) is 10.1 Å². The average Bonchev–Trinajstić information content (AvgIpc) is 3.32. The Hall–Kier alpha value is -3.24. The van der Waals surface area contributed by atoms with Crippen molar-refractivity contribution in [2.45, 2.75) is 44.4 Å². The molecule has 0 bridgehead atoms. The zero-order valence-corrected chi connectivity index (χ0v) is 20.5. The highest BCUT2D eigenvalue weighted by Crippen LogP contribution is 2.24. The van der Waals surface area contributed by atoms with Crippen LogP contribution in [-0.4, -0.2) is 49.0 Å². The number of rotatable bonds is 12. The fourth-order valence-corrected chi connectivity index (χ4v) is 4.78. The van der Waals surface area contributed by atoms with Gasteiger partial charge in [-0.25, -0.2) is 8.42 Å². The minimum atomic E-state index is -3.63. The summed E-state index contributed by atoms with van der Waals surface area (Å²) < 4.78 is 38.4. The second-order valence-corrected chi connectivity index (χ2v) is 9.67. The lowest BCUT2D eigenvalue weighted by Crippen LogP contribution is -2.33. The van der Waals surface area contributed by atoms with E-state index in [1.165, 1.54) is 28.6 Å². The van der Waals surface area contributed by atoms with E-state index in [4.69, 9.17) is 9.15 Å². The summed E-state index contributed by atoms with van der Waals surface area (Å²) in [6, 6.07) is 12.9. The Bertz CT molecular complexity index is 1180. The van der Waals surface area contributed by atoms with E-state index in [0.717, 1.165) is 25.7 Å². The van der Waals surface area contributed by atoms with Crippen LogP contribution in [0.15, 0.2) is 57.8 Å². The van der Waals surface area contributed by atoms with Gasteiger partial charge in [-0.15, -0.1) is 5.10 Å². The number of anilines is 1. The summed E-state index contributed by atoms with van der Waals surface area (Å²) in [6.45, 7) is 5.02. The summed E-state index contributed by atoms with van der Waals surface area (Å²) in [4.78, 5) is 12.8. The van der Waals surface area contributed by atoms with Gasteiger partial charge in [-0.2, -0.15) is 4.31 Å². The molecule has 1 aromatic heterocycles. The Morgan fingerprint density at radius 3 is 2.32 bits per heavy atom. The molecule has 0 spiro atoms. The van der Waals surface area contributed by atoms with Gasteiger partial charge in [0.1, 0.15) is 5.75 Å². The molecule has 0 radical (unpaired) electrons. The van der Waals surface area contributed by atoms with Crippen molar-refractivity contribution >= 4 is 21.9 Å². The fourth-order valence-electron chi connectivity index (χ4n) is 3.26. The number of benzene rings is 2. The number of nitrogens with zero attached hydrogens (tertiary/aromatic N) is 3. The van der Waals surface area contributed by atoms with Gasteiger partial charge in [-0.05, 0) is 55.3 Å². The topological polar surface area (TPSA) is 115 Å². The van der Waals surface area contributed by atoms with Gasteiger partial charge in [0.25, 0.3) is 5.91 Å². The van der Waals surface area contributed by atoms with Crippen LogP contribution in [0.25, 0.3) is 11.5 Å². The van der Waals surface area contributed by atoms with E-state index >= 15 is 0 Å². The van der Waals surface area contributed by atoms with E-state index in [9.17, 15) is 13.2 Å². The Labute approximate surface area is 200 Å². The molecule has 9 nitrogen and oxygen atoms in total. The third kappa shape index (κ3) is 6.21. The van der Waals surface area contributed by atoms with Crippen LogP contribution in [0, 0.1) is 0 Å². The Morgan fingerprint density at radius 1 is 1.03 bits per heavy atom. The number of carbonyl (C=O) groups is 1. The summed E-state index contributed by atoms with van der Waals surface area (Å²) >= 11 is 0. The van der Waals surface area contributed by atoms with Gasteiger partial charge >= 0.3 is 6.01 Å². The molecule has 0 aliphatic heterocycles. The fraction of sp³-hybridized carbons (Fsp3) is 0.375. The molecule has 2 aromatic carbocycles. The number of nitrogens with one attached hydrogen (secondary N) is 1. The number of methoxy groups -OCH3 is 1. The summed E-state index contributed by atoms with van der Waals surface area (Å²) in [5, 5.41) is 10.4. The largest absolute Gasteiger partial charge is 0.497 e. The third-order valence-corrected chi connectivity index (χ3v) is 7.15. The monoisotopic (exact) mass is 486 g/mol. The Morgan fingerprint density at radius 2 is 1.71 bits per heavy atom. The molecule has 1 N–H and O–H groups in total. The zero-order chi connectivity index (χ0) is 24.6. The molecule has 10 heteroatoms. The quantitative estimate of drug-likeness (QED) is 0.398. The molecule has 0 unspecified atom stereocenters. The first-order chi connectivity index (χ1) is 16.4. The van der Waals surface area contributed by atoms with Crippen molar-refractivity contribution < 1.29 is 22.4 Å². The van der Waals surface area contributed by atoms with Gasteiger partial charge in [0.05, 0.1) is 12.0 Å². The maximum Gasteiger partial charge on any atom is 0.322 e. The summed E-state index contributed by atoms with van der Waals surface area (Å²) in [7, 11) is -2.07. The minimum absolute atomic E-state index is 0.0650. The van der Waals surface area contributed by atoms with Crippen molar-refractivity contribution in [3.05, 3.63) is 54.1 Å². The molecular formula is C24H30N4O5S. The number of amides is 1. The average molecular weight is 487 g/mol. The van der Waals surface area contributed by atoms with E-state index in [-0.39, 0.29) is 22.4 Å². The van der Waals surface area contributed by atoms with E-state index in [1.807, 2.05) is 13.8 Å². The van der Waals surface area contributed by atoms with Crippen LogP contribution in [0.5, 0.6) is 5.75 Å². The molecule has 0 aliphatic rings. The maximum absolute atomic E-state index is 13.1. The molecule has 0 atom stereocenters. The van der Waals surface area contributed by atoms with Gasteiger partial charge in [0, 0.05) is 24.2 Å². The van der Waals surface area contributed by atoms with Gasteiger partial charge in [0.15, 0.2) is 0 Å². The lowest BCUT2D eigenvalue weighted by atomic mass is 10.2. The minimum Gasteiger partial charge on any atom is -0.497 e. The van der Waals surface area contributed by atoms with Gasteiger partial charge in [0.2, 0.25) is 15.9 Å². The number of carbonyl (C=O) groups excluding carboxylic acids is 1. The van der Waals surface area contributed by atoms with Crippen LogP contribution >= 0.6 is 0 Å². The van der Waals surface area contributed by atoms with Gasteiger partial charge < -0.3 is 9.15 Å². The highest BCUT2D eigenvalue weighted by molar-refractivity contribution is 7.89. The summed E-state index contributed by atoms with van der Waals surface area (Å²) in [6.07, 6.45) is 3.41.